The van der Waals surface area contributed by atoms with Crippen LogP contribution in [0.2, 0.25) is 5.15 Å². The smallest absolute Gasteiger partial charge is 0.246 e. The summed E-state index contributed by atoms with van der Waals surface area (Å²) in [6, 6.07) is 3.48. The van der Waals surface area contributed by atoms with Crippen molar-refractivity contribution in [1.29, 1.82) is 0 Å². The van der Waals surface area contributed by atoms with E-state index in [0.29, 0.717) is 19.1 Å². The molecule has 2 aliphatic rings. The van der Waals surface area contributed by atoms with Crippen molar-refractivity contribution < 1.29 is 8.42 Å². The third kappa shape index (κ3) is 3.08. The molecule has 21 heavy (non-hydrogen) atoms. The lowest BCUT2D eigenvalue weighted by molar-refractivity contribution is 0.169. The molecule has 0 aliphatic carbocycles. The Morgan fingerprint density at radius 3 is 2.67 bits per heavy atom. The fourth-order valence-electron chi connectivity index (χ4n) is 3.21. The molecule has 5 nitrogen and oxygen atoms in total. The number of aromatic nitrogens is 1. The number of rotatable bonds is 3. The van der Waals surface area contributed by atoms with Crippen LogP contribution in [0.15, 0.2) is 23.2 Å². The van der Waals surface area contributed by atoms with Gasteiger partial charge in [0.25, 0.3) is 0 Å². The van der Waals surface area contributed by atoms with Crippen LogP contribution in [-0.4, -0.2) is 54.8 Å². The summed E-state index contributed by atoms with van der Waals surface area (Å²) in [4.78, 5) is 6.43. The van der Waals surface area contributed by atoms with Gasteiger partial charge in [-0.2, -0.15) is 4.31 Å². The summed E-state index contributed by atoms with van der Waals surface area (Å²) < 4.78 is 26.9. The Hall–Kier alpha value is -0.690. The van der Waals surface area contributed by atoms with E-state index in [2.05, 4.69) is 9.88 Å². The van der Waals surface area contributed by atoms with Gasteiger partial charge in [0, 0.05) is 25.3 Å². The largest absolute Gasteiger partial charge is 0.299 e. The van der Waals surface area contributed by atoms with E-state index in [1.54, 1.807) is 10.4 Å². The van der Waals surface area contributed by atoms with E-state index in [1.807, 2.05) is 0 Å². The molecule has 2 aliphatic heterocycles. The monoisotopic (exact) mass is 329 g/mol. The number of likely N-dealkylation sites (tertiary alicyclic amines) is 1. The van der Waals surface area contributed by atoms with E-state index >= 15 is 0 Å². The van der Waals surface area contributed by atoms with E-state index in [0.717, 1.165) is 19.5 Å². The average Bonchev–Trinajstić information content (AvgIpc) is 2.99. The van der Waals surface area contributed by atoms with Gasteiger partial charge in [0.05, 0.1) is 0 Å². The highest BCUT2D eigenvalue weighted by Crippen LogP contribution is 2.28. The fraction of sp³-hybridized carbons (Fsp3) is 0.643. The van der Waals surface area contributed by atoms with Gasteiger partial charge in [0.2, 0.25) is 10.0 Å². The molecule has 2 fully saturated rings. The fourth-order valence-corrected chi connectivity index (χ4v) is 5.13. The maximum Gasteiger partial charge on any atom is 0.246 e. The van der Waals surface area contributed by atoms with E-state index in [4.69, 9.17) is 11.6 Å². The first-order chi connectivity index (χ1) is 10.1. The second kappa shape index (κ2) is 6.20. The number of piperidine rings is 1. The Morgan fingerprint density at radius 2 is 1.95 bits per heavy atom. The van der Waals surface area contributed by atoms with Crippen molar-refractivity contribution in [2.24, 2.45) is 0 Å². The highest BCUT2D eigenvalue weighted by molar-refractivity contribution is 7.89. The first-order valence-electron chi connectivity index (χ1n) is 7.44. The minimum Gasteiger partial charge on any atom is -0.299 e. The number of pyridine rings is 1. The molecule has 0 radical (unpaired) electrons. The Bertz CT molecular complexity index is 602. The Morgan fingerprint density at radius 1 is 1.19 bits per heavy atom. The number of nitrogens with zero attached hydrogens (tertiary/aromatic N) is 3. The van der Waals surface area contributed by atoms with Crippen LogP contribution in [-0.2, 0) is 10.0 Å². The van der Waals surface area contributed by atoms with E-state index in [1.165, 1.54) is 31.5 Å². The van der Waals surface area contributed by atoms with Gasteiger partial charge in [-0.3, -0.25) is 4.90 Å². The summed E-state index contributed by atoms with van der Waals surface area (Å²) in [6.45, 7) is 3.31. The zero-order valence-corrected chi connectivity index (χ0v) is 13.5. The number of hydrogen-bond donors (Lipinski definition) is 0. The van der Waals surface area contributed by atoms with E-state index < -0.39 is 10.0 Å². The Kier molecular flexibility index (Phi) is 4.49. The van der Waals surface area contributed by atoms with Crippen LogP contribution in [0.5, 0.6) is 0 Å². The third-order valence-electron chi connectivity index (χ3n) is 4.38. The molecule has 0 aromatic carbocycles. The summed E-state index contributed by atoms with van der Waals surface area (Å²) in [5.41, 5.74) is 0. The van der Waals surface area contributed by atoms with Gasteiger partial charge in [-0.05, 0) is 44.5 Å². The highest BCUT2D eigenvalue weighted by Gasteiger charge is 2.36. The molecule has 0 spiro atoms. The predicted molar refractivity (Wildman–Crippen MR) is 81.8 cm³/mol. The molecule has 1 unspecified atom stereocenters. The van der Waals surface area contributed by atoms with E-state index in [9.17, 15) is 8.42 Å². The summed E-state index contributed by atoms with van der Waals surface area (Å²) in [6.07, 6.45) is 6.13. The van der Waals surface area contributed by atoms with Crippen LogP contribution in [0, 0.1) is 0 Å². The average molecular weight is 330 g/mol. The number of sulfonamides is 1. The number of halogens is 1. The van der Waals surface area contributed by atoms with Gasteiger partial charge in [-0.15, -0.1) is 0 Å². The highest BCUT2D eigenvalue weighted by atomic mass is 35.5. The first-order valence-corrected chi connectivity index (χ1v) is 9.25. The van der Waals surface area contributed by atoms with Crippen LogP contribution in [0.25, 0.3) is 0 Å². The molecule has 3 rings (SSSR count). The van der Waals surface area contributed by atoms with Crippen molar-refractivity contribution >= 4 is 21.6 Å². The lowest BCUT2D eigenvalue weighted by atomic mass is 10.1. The van der Waals surface area contributed by atoms with Crippen molar-refractivity contribution in [3.63, 3.8) is 0 Å². The van der Waals surface area contributed by atoms with Crippen LogP contribution >= 0.6 is 11.6 Å². The molecule has 0 bridgehead atoms. The topological polar surface area (TPSA) is 53.5 Å². The van der Waals surface area contributed by atoms with Gasteiger partial charge in [-0.1, -0.05) is 18.0 Å². The van der Waals surface area contributed by atoms with Crippen molar-refractivity contribution in [2.75, 3.05) is 26.2 Å². The van der Waals surface area contributed by atoms with E-state index in [-0.39, 0.29) is 10.0 Å². The quantitative estimate of drug-likeness (QED) is 0.796. The third-order valence-corrected chi connectivity index (χ3v) is 6.69. The van der Waals surface area contributed by atoms with Crippen molar-refractivity contribution in [3.8, 4) is 0 Å². The molecular formula is C14H20ClN3O2S. The molecule has 0 N–H and O–H groups in total. The van der Waals surface area contributed by atoms with Gasteiger partial charge >= 0.3 is 0 Å². The van der Waals surface area contributed by atoms with Crippen molar-refractivity contribution in [2.45, 2.75) is 36.6 Å². The molecule has 1 aromatic heterocycles. The van der Waals surface area contributed by atoms with Crippen molar-refractivity contribution in [3.05, 3.63) is 23.5 Å². The predicted octanol–water partition coefficient (Wildman–Crippen LogP) is 1.98. The second-order valence-electron chi connectivity index (χ2n) is 5.69. The van der Waals surface area contributed by atoms with Gasteiger partial charge < -0.3 is 0 Å². The maximum atomic E-state index is 12.7. The molecule has 116 valence electrons. The molecule has 0 amide bonds. The minimum absolute atomic E-state index is 0.0546. The summed E-state index contributed by atoms with van der Waals surface area (Å²) in [5.74, 6) is 0. The molecule has 2 saturated heterocycles. The molecule has 1 aromatic rings. The second-order valence-corrected chi connectivity index (χ2v) is 7.96. The number of hydrogen-bond acceptors (Lipinski definition) is 4. The minimum atomic E-state index is -3.53. The zero-order chi connectivity index (χ0) is 14.9. The van der Waals surface area contributed by atoms with Crippen LogP contribution in [0.3, 0.4) is 0 Å². The molecule has 3 heterocycles. The van der Waals surface area contributed by atoms with Gasteiger partial charge in [-0.25, -0.2) is 13.4 Å². The summed E-state index contributed by atoms with van der Waals surface area (Å²) in [7, 11) is -3.53. The van der Waals surface area contributed by atoms with Gasteiger partial charge in [0.15, 0.2) is 0 Å². The molecule has 0 saturated carbocycles. The maximum absolute atomic E-state index is 12.7. The summed E-state index contributed by atoms with van der Waals surface area (Å²) >= 11 is 5.94. The molecule has 1 atom stereocenters. The normalized spacial score (nSPS) is 25.3. The molecule has 7 heteroatoms. The van der Waals surface area contributed by atoms with Crippen molar-refractivity contribution in [1.82, 2.24) is 14.2 Å². The van der Waals surface area contributed by atoms with Crippen LogP contribution < -0.4 is 0 Å². The molecular weight excluding hydrogens is 310 g/mol. The zero-order valence-electron chi connectivity index (χ0n) is 11.9. The van der Waals surface area contributed by atoms with Gasteiger partial charge in [0.1, 0.15) is 10.0 Å². The Labute approximate surface area is 131 Å². The standard InChI is InChI=1S/C14H20ClN3O2S/c15-14-13(5-4-7-16-14)21(19,20)18-10-6-12(11-18)17-8-2-1-3-9-17/h4-5,7,12H,1-3,6,8-11H2. The van der Waals surface area contributed by atoms with Crippen LogP contribution in [0.1, 0.15) is 25.7 Å². The SMILES string of the molecule is O=S(=O)(c1cccnc1Cl)N1CCC(N2CCCCC2)C1. The lowest BCUT2D eigenvalue weighted by Gasteiger charge is -2.32. The summed E-state index contributed by atoms with van der Waals surface area (Å²) in [5, 5.41) is 0.0546. The lowest BCUT2D eigenvalue weighted by Crippen LogP contribution is -2.41. The Balaban J connectivity index is 1.74. The van der Waals surface area contributed by atoms with Crippen LogP contribution in [0.4, 0.5) is 0 Å². The first kappa shape index (κ1) is 15.2.